The highest BCUT2D eigenvalue weighted by Gasteiger charge is 2.25. The first-order valence-corrected chi connectivity index (χ1v) is 13.1. The quantitative estimate of drug-likeness (QED) is 0.245. The van der Waals surface area contributed by atoms with Crippen molar-refractivity contribution in [3.63, 3.8) is 0 Å². The summed E-state index contributed by atoms with van der Waals surface area (Å²) in [5, 5.41) is 9.96. The Hall–Kier alpha value is -2.71. The van der Waals surface area contributed by atoms with Crippen molar-refractivity contribution in [2.24, 2.45) is 0 Å². The van der Waals surface area contributed by atoms with Gasteiger partial charge in [0.2, 0.25) is 6.10 Å². The molecule has 3 aromatic rings. The van der Waals surface area contributed by atoms with Crippen LogP contribution >= 0.6 is 31.9 Å². The summed E-state index contributed by atoms with van der Waals surface area (Å²) in [6.45, 7) is 8.24. The lowest BCUT2D eigenvalue weighted by atomic mass is 10.0. The summed E-state index contributed by atoms with van der Waals surface area (Å²) in [7, 11) is 3.25. The van der Waals surface area contributed by atoms with E-state index in [1.165, 1.54) is 0 Å². The van der Waals surface area contributed by atoms with Gasteiger partial charge >= 0.3 is 5.97 Å². The number of ether oxygens (including phenoxy) is 4. The zero-order valence-corrected chi connectivity index (χ0v) is 24.3. The lowest BCUT2D eigenvalue weighted by molar-refractivity contribution is -0.145. The molecule has 0 aliphatic rings. The fourth-order valence-electron chi connectivity index (χ4n) is 3.81. The van der Waals surface area contributed by atoms with Gasteiger partial charge in [-0.05, 0) is 92.2 Å². The number of hydrogen-bond donors (Lipinski definition) is 1. The number of carbonyl (C=O) groups is 1. The Balaban J connectivity index is 1.92. The maximum absolute atomic E-state index is 12.2. The van der Waals surface area contributed by atoms with Gasteiger partial charge in [-0.1, -0.05) is 27.7 Å². The molecule has 8 heteroatoms. The molecule has 0 aromatic heterocycles. The lowest BCUT2D eigenvalue weighted by Crippen LogP contribution is -2.18. The molecular formula is C28H30Br2O6. The first kappa shape index (κ1) is 27.9. The van der Waals surface area contributed by atoms with Crippen molar-refractivity contribution >= 4 is 37.8 Å². The Kier molecular flexibility index (Phi) is 9.30. The van der Waals surface area contributed by atoms with Gasteiger partial charge in [-0.3, -0.25) is 0 Å². The zero-order chi connectivity index (χ0) is 26.6. The predicted octanol–water partition coefficient (Wildman–Crippen LogP) is 8.47. The molecule has 0 saturated heterocycles. The van der Waals surface area contributed by atoms with Gasteiger partial charge in [-0.2, -0.15) is 0 Å². The fraction of sp³-hybridized carbons (Fsp3) is 0.321. The van der Waals surface area contributed by atoms with Crippen molar-refractivity contribution < 1.29 is 28.8 Å². The van der Waals surface area contributed by atoms with Crippen LogP contribution in [0.5, 0.6) is 28.7 Å². The second-order valence-corrected chi connectivity index (χ2v) is 10.6. The number of aliphatic carboxylic acids is 1. The second-order valence-electron chi connectivity index (χ2n) is 8.87. The van der Waals surface area contributed by atoms with Crippen LogP contribution in [-0.2, 0) is 4.79 Å². The van der Waals surface area contributed by atoms with E-state index >= 15 is 0 Å². The van der Waals surface area contributed by atoms with Crippen molar-refractivity contribution in [3.8, 4) is 28.7 Å². The predicted molar refractivity (Wildman–Crippen MR) is 147 cm³/mol. The van der Waals surface area contributed by atoms with E-state index in [1.54, 1.807) is 38.5 Å². The standard InChI is InChI=1S/C28H30Br2O6/c1-15(2)20-13-18(7-9-24(20)33-5)35-26(28(31)32)17-11-22(29)27(23(30)12-17)36-19-8-10-25(34-6)21(14-19)16(3)4/h7-16,26H,1-6H3,(H,31,32). The van der Waals surface area contributed by atoms with E-state index in [1.807, 2.05) is 38.1 Å². The first-order chi connectivity index (χ1) is 17.0. The average Bonchev–Trinajstić information content (AvgIpc) is 2.84. The summed E-state index contributed by atoms with van der Waals surface area (Å²) >= 11 is 7.08. The molecule has 1 atom stereocenters. The molecule has 0 heterocycles. The number of methoxy groups -OCH3 is 2. The van der Waals surface area contributed by atoms with Crippen LogP contribution in [0.2, 0.25) is 0 Å². The number of carboxylic acids is 1. The van der Waals surface area contributed by atoms with Crippen LogP contribution in [0.1, 0.15) is 62.3 Å². The second kappa shape index (κ2) is 12.0. The zero-order valence-electron chi connectivity index (χ0n) is 21.1. The highest BCUT2D eigenvalue weighted by Crippen LogP contribution is 2.41. The summed E-state index contributed by atoms with van der Waals surface area (Å²) in [4.78, 5) is 12.2. The van der Waals surface area contributed by atoms with E-state index in [0.29, 0.717) is 31.8 Å². The normalized spacial score (nSPS) is 11.9. The largest absolute Gasteiger partial charge is 0.496 e. The van der Waals surface area contributed by atoms with Crippen LogP contribution in [0, 0.1) is 0 Å². The third-order valence-corrected chi connectivity index (χ3v) is 6.85. The van der Waals surface area contributed by atoms with Crippen LogP contribution in [0.15, 0.2) is 57.5 Å². The molecule has 3 rings (SSSR count). The molecule has 0 aliphatic carbocycles. The molecule has 0 spiro atoms. The molecule has 0 saturated carbocycles. The third-order valence-electron chi connectivity index (χ3n) is 5.67. The van der Waals surface area contributed by atoms with Gasteiger partial charge in [0.1, 0.15) is 23.0 Å². The highest BCUT2D eigenvalue weighted by molar-refractivity contribution is 9.11. The Bertz CT molecular complexity index is 1220. The van der Waals surface area contributed by atoms with E-state index < -0.39 is 12.1 Å². The molecule has 192 valence electrons. The van der Waals surface area contributed by atoms with Gasteiger partial charge < -0.3 is 24.1 Å². The van der Waals surface area contributed by atoms with E-state index in [4.69, 9.17) is 18.9 Å². The number of rotatable bonds is 10. The lowest BCUT2D eigenvalue weighted by Gasteiger charge is -2.20. The van der Waals surface area contributed by atoms with Crippen LogP contribution in [-0.4, -0.2) is 25.3 Å². The Morgan fingerprint density at radius 2 is 1.25 bits per heavy atom. The molecule has 36 heavy (non-hydrogen) atoms. The molecule has 0 amide bonds. The van der Waals surface area contributed by atoms with Crippen molar-refractivity contribution in [1.29, 1.82) is 0 Å². The molecule has 0 bridgehead atoms. The van der Waals surface area contributed by atoms with Crippen LogP contribution in [0.4, 0.5) is 0 Å². The summed E-state index contributed by atoms with van der Waals surface area (Å²) < 4.78 is 24.1. The fourth-order valence-corrected chi connectivity index (χ4v) is 5.19. The van der Waals surface area contributed by atoms with Gasteiger partial charge in [0.05, 0.1) is 23.2 Å². The van der Waals surface area contributed by atoms with E-state index in [9.17, 15) is 9.90 Å². The van der Waals surface area contributed by atoms with E-state index in [-0.39, 0.29) is 11.8 Å². The smallest absolute Gasteiger partial charge is 0.349 e. The van der Waals surface area contributed by atoms with Crippen LogP contribution in [0.25, 0.3) is 0 Å². The van der Waals surface area contributed by atoms with Crippen LogP contribution < -0.4 is 18.9 Å². The number of carboxylic acid groups (broad SMARTS) is 1. The minimum absolute atomic E-state index is 0.181. The number of benzene rings is 3. The molecular weight excluding hydrogens is 592 g/mol. The molecule has 3 aromatic carbocycles. The van der Waals surface area contributed by atoms with Crippen molar-refractivity contribution in [3.05, 3.63) is 74.2 Å². The monoisotopic (exact) mass is 620 g/mol. The number of halogens is 2. The topological polar surface area (TPSA) is 74.2 Å². The maximum Gasteiger partial charge on any atom is 0.349 e. The minimum Gasteiger partial charge on any atom is -0.496 e. The van der Waals surface area contributed by atoms with Crippen molar-refractivity contribution in [1.82, 2.24) is 0 Å². The summed E-state index contributed by atoms with van der Waals surface area (Å²) in [5.41, 5.74) is 2.41. The minimum atomic E-state index is -1.23. The van der Waals surface area contributed by atoms with Gasteiger partial charge in [0.15, 0.2) is 5.75 Å². The van der Waals surface area contributed by atoms with Gasteiger partial charge in [-0.25, -0.2) is 4.79 Å². The molecule has 0 radical (unpaired) electrons. The van der Waals surface area contributed by atoms with Crippen molar-refractivity contribution in [2.75, 3.05) is 14.2 Å². The summed E-state index contributed by atoms with van der Waals surface area (Å²) in [6.07, 6.45) is -1.23. The van der Waals surface area contributed by atoms with E-state index in [2.05, 4.69) is 45.7 Å². The summed E-state index contributed by atoms with van der Waals surface area (Å²) in [5.74, 6) is 2.45. The average molecular weight is 622 g/mol. The van der Waals surface area contributed by atoms with Crippen molar-refractivity contribution in [2.45, 2.75) is 45.6 Å². The van der Waals surface area contributed by atoms with Crippen LogP contribution in [0.3, 0.4) is 0 Å². The van der Waals surface area contributed by atoms with E-state index in [0.717, 1.165) is 22.6 Å². The third kappa shape index (κ3) is 6.34. The number of hydrogen-bond acceptors (Lipinski definition) is 5. The SMILES string of the molecule is COc1ccc(Oc2c(Br)cc(C(Oc3ccc(OC)c(C(C)C)c3)C(=O)O)cc2Br)cc1C(C)C. The molecule has 6 nitrogen and oxygen atoms in total. The molecule has 1 N–H and O–H groups in total. The highest BCUT2D eigenvalue weighted by atomic mass is 79.9. The van der Waals surface area contributed by atoms with Gasteiger partial charge in [0, 0.05) is 16.7 Å². The molecule has 0 aliphatic heterocycles. The first-order valence-electron chi connectivity index (χ1n) is 11.5. The maximum atomic E-state index is 12.2. The van der Waals surface area contributed by atoms with Gasteiger partial charge in [0.25, 0.3) is 0 Å². The molecule has 1 unspecified atom stereocenters. The molecule has 0 fully saturated rings. The Labute approximate surface area is 228 Å². The summed E-state index contributed by atoms with van der Waals surface area (Å²) in [6, 6.07) is 14.3. The Morgan fingerprint density at radius 1 is 0.778 bits per heavy atom. The Morgan fingerprint density at radius 3 is 1.69 bits per heavy atom. The van der Waals surface area contributed by atoms with Gasteiger partial charge in [-0.15, -0.1) is 0 Å².